The molecule has 1 rings (SSSR count). The maximum Gasteiger partial charge on any atom is 0.163 e. The lowest BCUT2D eigenvalue weighted by atomic mass is 9.98. The van der Waals surface area contributed by atoms with Gasteiger partial charge in [0.15, 0.2) is 5.78 Å². The van der Waals surface area contributed by atoms with Gasteiger partial charge in [0.25, 0.3) is 0 Å². The summed E-state index contributed by atoms with van der Waals surface area (Å²) >= 11 is 3.38. The quantitative estimate of drug-likeness (QED) is 0.746. The van der Waals surface area contributed by atoms with Crippen molar-refractivity contribution >= 4 is 21.7 Å². The Balaban J connectivity index is 2.90. The Morgan fingerprint density at radius 2 is 2.07 bits per heavy atom. The molecule has 0 N–H and O–H groups in total. The minimum Gasteiger partial charge on any atom is -0.294 e. The average molecular weight is 255 g/mol. The minimum absolute atomic E-state index is 0.241. The fourth-order valence-corrected chi connectivity index (χ4v) is 1.90. The first kappa shape index (κ1) is 11.4. The molecule has 1 nitrogen and oxygen atoms in total. The van der Waals surface area contributed by atoms with E-state index in [2.05, 4.69) is 29.8 Å². The normalized spacial score (nSPS) is 10.6. The first-order valence-corrected chi connectivity index (χ1v) is 5.59. The van der Waals surface area contributed by atoms with Crippen molar-refractivity contribution in [2.75, 3.05) is 0 Å². The Morgan fingerprint density at radius 3 is 2.57 bits per heavy atom. The molecule has 0 radical (unpaired) electrons. The SMILES string of the molecule is Cc1cc(Br)ccc1C(=O)CC(C)C. The number of ketones is 1. The first-order chi connectivity index (χ1) is 6.50. The number of Topliss-reactive ketones (excluding diaryl/α,β-unsaturated/α-hetero) is 1. The maximum atomic E-state index is 11.8. The zero-order valence-electron chi connectivity index (χ0n) is 8.80. The zero-order valence-corrected chi connectivity index (χ0v) is 10.4. The van der Waals surface area contributed by atoms with Gasteiger partial charge < -0.3 is 0 Å². The van der Waals surface area contributed by atoms with Crippen LogP contribution >= 0.6 is 15.9 Å². The average Bonchev–Trinajstić information content (AvgIpc) is 2.01. The van der Waals surface area contributed by atoms with Crippen molar-refractivity contribution < 1.29 is 4.79 Å². The van der Waals surface area contributed by atoms with Crippen LogP contribution in [0.2, 0.25) is 0 Å². The monoisotopic (exact) mass is 254 g/mol. The predicted octanol–water partition coefficient (Wildman–Crippen LogP) is 3.99. The van der Waals surface area contributed by atoms with Crippen LogP contribution in [0.15, 0.2) is 22.7 Å². The molecule has 0 amide bonds. The molecule has 0 aliphatic carbocycles. The highest BCUT2D eigenvalue weighted by atomic mass is 79.9. The Hall–Kier alpha value is -0.630. The highest BCUT2D eigenvalue weighted by molar-refractivity contribution is 9.10. The topological polar surface area (TPSA) is 17.1 Å². The van der Waals surface area contributed by atoms with E-state index in [4.69, 9.17) is 0 Å². The summed E-state index contributed by atoms with van der Waals surface area (Å²) in [5, 5.41) is 0. The van der Waals surface area contributed by atoms with Crippen LogP contribution in [0, 0.1) is 12.8 Å². The third kappa shape index (κ3) is 2.95. The van der Waals surface area contributed by atoms with E-state index in [9.17, 15) is 4.79 Å². The van der Waals surface area contributed by atoms with E-state index in [-0.39, 0.29) is 5.78 Å². The second kappa shape index (κ2) is 4.74. The zero-order chi connectivity index (χ0) is 10.7. The molecule has 14 heavy (non-hydrogen) atoms. The second-order valence-corrected chi connectivity index (χ2v) is 4.90. The molecule has 1 aromatic carbocycles. The molecular weight excluding hydrogens is 240 g/mol. The van der Waals surface area contributed by atoms with Gasteiger partial charge in [0.2, 0.25) is 0 Å². The molecule has 0 aromatic heterocycles. The number of benzene rings is 1. The summed E-state index contributed by atoms with van der Waals surface area (Å²) < 4.78 is 1.02. The van der Waals surface area contributed by atoms with E-state index in [1.165, 1.54) is 0 Å². The lowest BCUT2D eigenvalue weighted by molar-refractivity contribution is 0.0967. The van der Waals surface area contributed by atoms with Crippen molar-refractivity contribution in [3.63, 3.8) is 0 Å². The Morgan fingerprint density at radius 1 is 1.43 bits per heavy atom. The summed E-state index contributed by atoms with van der Waals surface area (Å²) in [7, 11) is 0. The molecule has 0 spiro atoms. The molecule has 76 valence electrons. The van der Waals surface area contributed by atoms with Crippen LogP contribution in [0.3, 0.4) is 0 Å². The molecule has 2 heteroatoms. The van der Waals surface area contributed by atoms with Crippen LogP contribution in [0.4, 0.5) is 0 Å². The van der Waals surface area contributed by atoms with Crippen LogP contribution in [0.5, 0.6) is 0 Å². The van der Waals surface area contributed by atoms with Crippen LogP contribution < -0.4 is 0 Å². The Labute approximate surface area is 93.7 Å². The predicted molar refractivity (Wildman–Crippen MR) is 62.7 cm³/mol. The second-order valence-electron chi connectivity index (χ2n) is 3.98. The number of aryl methyl sites for hydroxylation is 1. The minimum atomic E-state index is 0.241. The Bertz CT molecular complexity index is 342. The number of carbonyl (C=O) groups excluding carboxylic acids is 1. The number of hydrogen-bond acceptors (Lipinski definition) is 1. The number of carbonyl (C=O) groups is 1. The molecule has 0 saturated carbocycles. The van der Waals surface area contributed by atoms with Crippen LogP contribution in [0.25, 0.3) is 0 Å². The van der Waals surface area contributed by atoms with E-state index >= 15 is 0 Å². The molecule has 1 aromatic rings. The maximum absolute atomic E-state index is 11.8. The van der Waals surface area contributed by atoms with Gasteiger partial charge in [-0.25, -0.2) is 0 Å². The lowest BCUT2D eigenvalue weighted by Crippen LogP contribution is -2.05. The largest absolute Gasteiger partial charge is 0.294 e. The molecule has 0 heterocycles. The standard InChI is InChI=1S/C12H15BrO/c1-8(2)6-12(14)11-5-4-10(13)7-9(11)3/h4-5,7-8H,6H2,1-3H3. The summed E-state index contributed by atoms with van der Waals surface area (Å²) in [6.07, 6.45) is 0.627. The highest BCUT2D eigenvalue weighted by Gasteiger charge is 2.10. The number of rotatable bonds is 3. The lowest BCUT2D eigenvalue weighted by Gasteiger charge is -2.07. The fraction of sp³-hybridized carbons (Fsp3) is 0.417. The third-order valence-corrected chi connectivity index (χ3v) is 2.58. The number of halogens is 1. The summed E-state index contributed by atoms with van der Waals surface area (Å²) in [4.78, 5) is 11.8. The van der Waals surface area contributed by atoms with Crippen LogP contribution in [-0.2, 0) is 0 Å². The van der Waals surface area contributed by atoms with Crippen molar-refractivity contribution in [3.05, 3.63) is 33.8 Å². The van der Waals surface area contributed by atoms with E-state index < -0.39 is 0 Å². The van der Waals surface area contributed by atoms with Crippen molar-refractivity contribution in [1.82, 2.24) is 0 Å². The highest BCUT2D eigenvalue weighted by Crippen LogP contribution is 2.18. The smallest absolute Gasteiger partial charge is 0.163 e. The Kier molecular flexibility index (Phi) is 3.87. The van der Waals surface area contributed by atoms with Crippen molar-refractivity contribution in [3.8, 4) is 0 Å². The molecular formula is C12H15BrO. The van der Waals surface area contributed by atoms with E-state index in [0.29, 0.717) is 12.3 Å². The summed E-state index contributed by atoms with van der Waals surface area (Å²) in [6, 6.07) is 5.79. The molecule has 0 aliphatic heterocycles. The number of hydrogen-bond donors (Lipinski definition) is 0. The molecule has 0 bridgehead atoms. The van der Waals surface area contributed by atoms with E-state index in [1.807, 2.05) is 25.1 Å². The molecule has 0 saturated heterocycles. The summed E-state index contributed by atoms with van der Waals surface area (Å²) in [5.41, 5.74) is 1.90. The molecule has 0 fully saturated rings. The van der Waals surface area contributed by atoms with Gasteiger partial charge in [0.05, 0.1) is 0 Å². The van der Waals surface area contributed by atoms with Gasteiger partial charge in [-0.05, 0) is 30.5 Å². The van der Waals surface area contributed by atoms with Gasteiger partial charge in [-0.3, -0.25) is 4.79 Å². The molecule has 0 aliphatic rings. The van der Waals surface area contributed by atoms with Crippen LogP contribution in [-0.4, -0.2) is 5.78 Å². The molecule has 0 unspecified atom stereocenters. The van der Waals surface area contributed by atoms with Crippen LogP contribution in [0.1, 0.15) is 36.2 Å². The van der Waals surface area contributed by atoms with Crippen molar-refractivity contribution in [2.24, 2.45) is 5.92 Å². The summed E-state index contributed by atoms with van der Waals surface area (Å²) in [5.74, 6) is 0.663. The summed E-state index contributed by atoms with van der Waals surface area (Å²) in [6.45, 7) is 6.09. The fourth-order valence-electron chi connectivity index (χ4n) is 1.42. The van der Waals surface area contributed by atoms with Gasteiger partial charge in [-0.1, -0.05) is 35.8 Å². The van der Waals surface area contributed by atoms with Crippen molar-refractivity contribution in [2.45, 2.75) is 27.2 Å². The molecule has 0 atom stereocenters. The third-order valence-electron chi connectivity index (χ3n) is 2.08. The van der Waals surface area contributed by atoms with Gasteiger partial charge in [-0.15, -0.1) is 0 Å². The van der Waals surface area contributed by atoms with Gasteiger partial charge in [0.1, 0.15) is 0 Å². The van der Waals surface area contributed by atoms with Crippen molar-refractivity contribution in [1.29, 1.82) is 0 Å². The first-order valence-electron chi connectivity index (χ1n) is 4.80. The van der Waals surface area contributed by atoms with Gasteiger partial charge in [0, 0.05) is 16.5 Å². The van der Waals surface area contributed by atoms with Gasteiger partial charge in [-0.2, -0.15) is 0 Å². The van der Waals surface area contributed by atoms with E-state index in [0.717, 1.165) is 15.6 Å². The van der Waals surface area contributed by atoms with E-state index in [1.54, 1.807) is 0 Å². The van der Waals surface area contributed by atoms with Gasteiger partial charge >= 0.3 is 0 Å².